The second-order valence-corrected chi connectivity index (χ2v) is 8.98. The molecule has 0 amide bonds. The number of anilines is 1. The Balaban J connectivity index is 1.91. The van der Waals surface area contributed by atoms with Gasteiger partial charge in [-0.1, -0.05) is 0 Å². The molecular weight excluding hydrogens is 452 g/mol. The maximum atomic E-state index is 13.5. The van der Waals surface area contributed by atoms with E-state index in [1.165, 1.54) is 26.2 Å². The summed E-state index contributed by atoms with van der Waals surface area (Å²) >= 11 is 7.55. The van der Waals surface area contributed by atoms with Gasteiger partial charge < -0.3 is 5.32 Å². The van der Waals surface area contributed by atoms with Crippen LogP contribution in [0, 0.1) is 15.6 Å². The summed E-state index contributed by atoms with van der Waals surface area (Å²) in [5.41, 5.74) is 3.38. The summed E-state index contributed by atoms with van der Waals surface area (Å²) in [7, 11) is 0. The van der Waals surface area contributed by atoms with Gasteiger partial charge in [0.25, 0.3) is 0 Å². The maximum Gasteiger partial charge on any atom is 0.137 e. The zero-order chi connectivity index (χ0) is 14.3. The Morgan fingerprint density at radius 3 is 3.00 bits per heavy atom. The molecule has 1 unspecified atom stereocenters. The molecule has 0 bridgehead atoms. The lowest BCUT2D eigenvalue weighted by Gasteiger charge is -2.25. The minimum Gasteiger partial charge on any atom is -0.378 e. The molecule has 0 radical (unpaired) electrons. The Labute approximate surface area is 144 Å². The highest BCUT2D eigenvalue weighted by Gasteiger charge is 2.23. The molecule has 5 heteroatoms. The largest absolute Gasteiger partial charge is 0.378 e. The summed E-state index contributed by atoms with van der Waals surface area (Å²) in [6, 6.07) is 6.05. The lowest BCUT2D eigenvalue weighted by Crippen LogP contribution is -2.16. The second kappa shape index (κ2) is 5.93. The zero-order valence-corrected chi connectivity index (χ0v) is 15.5. The molecular formula is C15H14BrFINS. The van der Waals surface area contributed by atoms with Crippen LogP contribution in [-0.2, 0) is 6.42 Å². The van der Waals surface area contributed by atoms with Gasteiger partial charge in [-0.2, -0.15) is 0 Å². The minimum atomic E-state index is -0.206. The van der Waals surface area contributed by atoms with E-state index in [1.807, 2.05) is 24.3 Å². The maximum absolute atomic E-state index is 13.5. The number of halogens is 3. The molecule has 2 aromatic rings. The SMILES string of the molecule is Cc1cc(F)c(Br)cc1NC1CCCc2sc(I)cc21. The third-order valence-corrected chi connectivity index (χ3v) is 6.26. The van der Waals surface area contributed by atoms with Gasteiger partial charge in [-0.3, -0.25) is 0 Å². The van der Waals surface area contributed by atoms with Gasteiger partial charge in [0.15, 0.2) is 0 Å². The van der Waals surface area contributed by atoms with Crippen molar-refractivity contribution in [2.24, 2.45) is 0 Å². The molecule has 1 nitrogen and oxygen atoms in total. The van der Waals surface area contributed by atoms with Gasteiger partial charge in [0, 0.05) is 10.6 Å². The first-order chi connectivity index (χ1) is 9.54. The lowest BCUT2D eigenvalue weighted by molar-refractivity contribution is 0.605. The highest BCUT2D eigenvalue weighted by Crippen LogP contribution is 2.39. The molecule has 1 aliphatic carbocycles. The molecule has 106 valence electrons. The van der Waals surface area contributed by atoms with Crippen molar-refractivity contribution in [3.8, 4) is 0 Å². The summed E-state index contributed by atoms with van der Waals surface area (Å²) in [6.45, 7) is 1.94. The number of rotatable bonds is 2. The number of aryl methyl sites for hydroxylation is 2. The number of benzene rings is 1. The molecule has 1 heterocycles. The topological polar surface area (TPSA) is 12.0 Å². The summed E-state index contributed by atoms with van der Waals surface area (Å²) in [5, 5.41) is 3.59. The average molecular weight is 466 g/mol. The molecule has 1 aromatic heterocycles. The van der Waals surface area contributed by atoms with Crippen LogP contribution < -0.4 is 5.32 Å². The predicted octanol–water partition coefficient (Wildman–Crippen LogP) is 6.05. The van der Waals surface area contributed by atoms with E-state index in [2.05, 4.69) is 49.9 Å². The summed E-state index contributed by atoms with van der Waals surface area (Å²) in [6.07, 6.45) is 3.53. The van der Waals surface area contributed by atoms with E-state index in [1.54, 1.807) is 6.07 Å². The zero-order valence-electron chi connectivity index (χ0n) is 11.0. The highest BCUT2D eigenvalue weighted by molar-refractivity contribution is 14.1. The third kappa shape index (κ3) is 2.90. The molecule has 0 saturated heterocycles. The number of hydrogen-bond acceptors (Lipinski definition) is 2. The van der Waals surface area contributed by atoms with Crippen LogP contribution in [0.4, 0.5) is 10.1 Å². The normalized spacial score (nSPS) is 17.9. The molecule has 20 heavy (non-hydrogen) atoms. The van der Waals surface area contributed by atoms with Crippen LogP contribution in [-0.4, -0.2) is 0 Å². The van der Waals surface area contributed by atoms with Crippen LogP contribution in [0.2, 0.25) is 0 Å². The first kappa shape index (κ1) is 14.8. The van der Waals surface area contributed by atoms with Gasteiger partial charge in [0.05, 0.1) is 13.4 Å². The number of nitrogens with one attached hydrogen (secondary N) is 1. The molecule has 0 saturated carbocycles. The lowest BCUT2D eigenvalue weighted by atomic mass is 9.93. The van der Waals surface area contributed by atoms with Crippen molar-refractivity contribution in [3.63, 3.8) is 0 Å². The molecule has 0 aliphatic heterocycles. The van der Waals surface area contributed by atoms with E-state index in [-0.39, 0.29) is 5.82 Å². The number of fused-ring (bicyclic) bond motifs is 1. The standard InChI is InChI=1S/C15H14BrFINS/c1-8-5-11(17)10(16)7-13(8)19-12-3-2-4-14-9(12)6-15(18)20-14/h5-7,12,19H,2-4H2,1H3. The Kier molecular flexibility index (Phi) is 4.38. The van der Waals surface area contributed by atoms with Crippen molar-refractivity contribution in [1.82, 2.24) is 0 Å². The molecule has 0 fully saturated rings. The summed E-state index contributed by atoms with van der Waals surface area (Å²) in [5.74, 6) is -0.206. The van der Waals surface area contributed by atoms with E-state index >= 15 is 0 Å². The Morgan fingerprint density at radius 1 is 1.40 bits per heavy atom. The monoisotopic (exact) mass is 465 g/mol. The van der Waals surface area contributed by atoms with Gasteiger partial charge in [-0.25, -0.2) is 4.39 Å². The third-order valence-electron chi connectivity index (χ3n) is 3.68. The van der Waals surface area contributed by atoms with Gasteiger partial charge in [0.2, 0.25) is 0 Å². The van der Waals surface area contributed by atoms with E-state index in [0.29, 0.717) is 10.5 Å². The minimum absolute atomic E-state index is 0.206. The van der Waals surface area contributed by atoms with Crippen LogP contribution in [0.5, 0.6) is 0 Å². The smallest absolute Gasteiger partial charge is 0.137 e. The molecule has 1 atom stereocenters. The van der Waals surface area contributed by atoms with E-state index < -0.39 is 0 Å². The van der Waals surface area contributed by atoms with Crippen molar-refractivity contribution in [2.45, 2.75) is 32.2 Å². The number of hydrogen-bond donors (Lipinski definition) is 1. The van der Waals surface area contributed by atoms with Crippen molar-refractivity contribution in [2.75, 3.05) is 5.32 Å². The average Bonchev–Trinajstić information content (AvgIpc) is 2.77. The molecule has 0 spiro atoms. The van der Waals surface area contributed by atoms with Gasteiger partial charge >= 0.3 is 0 Å². The van der Waals surface area contributed by atoms with Gasteiger partial charge in [-0.05, 0) is 94.0 Å². The van der Waals surface area contributed by atoms with Gasteiger partial charge in [0.1, 0.15) is 5.82 Å². The highest BCUT2D eigenvalue weighted by atomic mass is 127. The fraction of sp³-hybridized carbons (Fsp3) is 0.333. The Hall–Kier alpha value is -0.140. The molecule has 1 N–H and O–H groups in total. The van der Waals surface area contributed by atoms with E-state index in [0.717, 1.165) is 17.7 Å². The fourth-order valence-electron chi connectivity index (χ4n) is 2.66. The number of thiophene rings is 1. The van der Waals surface area contributed by atoms with Crippen LogP contribution in [0.15, 0.2) is 22.7 Å². The van der Waals surface area contributed by atoms with Crippen molar-refractivity contribution >= 4 is 55.5 Å². The van der Waals surface area contributed by atoms with Crippen LogP contribution >= 0.6 is 49.9 Å². The quantitative estimate of drug-likeness (QED) is 0.532. The predicted molar refractivity (Wildman–Crippen MR) is 95.2 cm³/mol. The molecule has 3 rings (SSSR count). The van der Waals surface area contributed by atoms with Crippen molar-refractivity contribution < 1.29 is 4.39 Å². The second-order valence-electron chi connectivity index (χ2n) is 5.10. The fourth-order valence-corrected chi connectivity index (χ4v) is 5.12. The van der Waals surface area contributed by atoms with Crippen LogP contribution in [0.25, 0.3) is 0 Å². The van der Waals surface area contributed by atoms with E-state index in [9.17, 15) is 4.39 Å². The van der Waals surface area contributed by atoms with Crippen molar-refractivity contribution in [3.05, 3.63) is 47.4 Å². The Bertz CT molecular complexity index is 656. The summed E-state index contributed by atoms with van der Waals surface area (Å²) < 4.78 is 15.4. The Morgan fingerprint density at radius 2 is 2.20 bits per heavy atom. The summed E-state index contributed by atoms with van der Waals surface area (Å²) in [4.78, 5) is 1.50. The van der Waals surface area contributed by atoms with Gasteiger partial charge in [-0.15, -0.1) is 11.3 Å². The van der Waals surface area contributed by atoms with E-state index in [4.69, 9.17) is 0 Å². The van der Waals surface area contributed by atoms with Crippen LogP contribution in [0.3, 0.4) is 0 Å². The van der Waals surface area contributed by atoms with Crippen molar-refractivity contribution in [1.29, 1.82) is 0 Å². The molecule has 1 aromatic carbocycles. The first-order valence-electron chi connectivity index (χ1n) is 6.55. The van der Waals surface area contributed by atoms with Crippen LogP contribution in [0.1, 0.15) is 34.9 Å². The first-order valence-corrected chi connectivity index (χ1v) is 9.23. The molecule has 1 aliphatic rings.